The topological polar surface area (TPSA) is 126 Å². The number of fused-ring (bicyclic) bond motifs is 3. The molecule has 0 bridgehead atoms. The molecule has 0 saturated heterocycles. The van der Waals surface area contributed by atoms with E-state index in [9.17, 15) is 14.0 Å². The van der Waals surface area contributed by atoms with Crippen LogP contribution in [0, 0.1) is 17.0 Å². The summed E-state index contributed by atoms with van der Waals surface area (Å²) in [6, 6.07) is 12.4. The molecule has 1 saturated carbocycles. The molecule has 0 atom stereocenters. The van der Waals surface area contributed by atoms with Gasteiger partial charge >= 0.3 is 0 Å². The molecular weight excluding hydrogens is 626 g/mol. The lowest BCUT2D eigenvalue weighted by atomic mass is 10.0. The third kappa shape index (κ3) is 6.69. The highest BCUT2D eigenvalue weighted by Crippen LogP contribution is 2.50. The van der Waals surface area contributed by atoms with Gasteiger partial charge in [-0.3, -0.25) is 19.5 Å². The van der Waals surface area contributed by atoms with Crippen LogP contribution >= 0.6 is 0 Å². The molecule has 11 nitrogen and oxygen atoms in total. The number of carbonyl (C=O) groups is 2. The fourth-order valence-electron chi connectivity index (χ4n) is 5.55. The van der Waals surface area contributed by atoms with Gasteiger partial charge < -0.3 is 34.3 Å². The Balaban J connectivity index is 1.27. The number of anilines is 2. The first-order chi connectivity index (χ1) is 23.2. The average molecular weight is 663 g/mol. The average Bonchev–Trinajstić information content (AvgIpc) is 3.90. The van der Waals surface area contributed by atoms with E-state index in [4.69, 9.17) is 29.4 Å². The quantitative estimate of drug-likeness (QED) is 0.140. The number of primary amides is 1. The van der Waals surface area contributed by atoms with Crippen molar-refractivity contribution < 1.29 is 42.1 Å². The van der Waals surface area contributed by atoms with E-state index < -0.39 is 28.9 Å². The molecule has 0 radical (unpaired) electrons. The highest BCUT2D eigenvalue weighted by atomic mass is 19.1. The van der Waals surface area contributed by atoms with Gasteiger partial charge in [-0.25, -0.2) is 8.78 Å². The van der Waals surface area contributed by atoms with Crippen LogP contribution < -0.4 is 29.6 Å². The third-order valence-electron chi connectivity index (χ3n) is 8.37. The Morgan fingerprint density at radius 3 is 2.33 bits per heavy atom. The van der Waals surface area contributed by atoms with E-state index in [0.717, 1.165) is 25.6 Å². The van der Waals surface area contributed by atoms with Gasteiger partial charge in [-0.2, -0.15) is 0 Å². The Labute approximate surface area is 276 Å². The number of ether oxygens (including phenoxy) is 5. The van der Waals surface area contributed by atoms with E-state index in [1.165, 1.54) is 47.5 Å². The molecule has 13 heteroatoms. The van der Waals surface area contributed by atoms with Crippen LogP contribution in [0.1, 0.15) is 19.3 Å². The van der Waals surface area contributed by atoms with Crippen LogP contribution in [0.5, 0.6) is 28.7 Å². The number of hydrogen-bond acceptors (Lipinski definition) is 9. The molecule has 6 rings (SSSR count). The number of nitrogens with two attached hydrogens (primary N) is 1. The van der Waals surface area contributed by atoms with Crippen LogP contribution in [0.2, 0.25) is 0 Å². The molecule has 2 aliphatic rings. The molecular formula is C35H36F2N4O7. The molecule has 4 aromatic rings. The summed E-state index contributed by atoms with van der Waals surface area (Å²) in [4.78, 5) is 33.6. The minimum Gasteiger partial charge on any atom is -0.489 e. The van der Waals surface area contributed by atoms with Crippen LogP contribution in [-0.4, -0.2) is 75.4 Å². The number of likely N-dealkylation sites (N-methyl/N-ethyl adjacent to an activating group) is 1. The number of rotatable bonds is 14. The summed E-state index contributed by atoms with van der Waals surface area (Å²) < 4.78 is 58.8. The Kier molecular flexibility index (Phi) is 9.60. The van der Waals surface area contributed by atoms with E-state index in [2.05, 4.69) is 9.88 Å². The first-order valence-corrected chi connectivity index (χ1v) is 15.6. The number of aromatic nitrogens is 1. The number of halogens is 2. The molecule has 0 unspecified atom stereocenters. The zero-order chi connectivity index (χ0) is 33.8. The predicted octanol–water partition coefficient (Wildman–Crippen LogP) is 5.35. The highest BCUT2D eigenvalue weighted by molar-refractivity contribution is 6.16. The van der Waals surface area contributed by atoms with Crippen molar-refractivity contribution in [1.82, 2.24) is 9.88 Å². The molecule has 2 amide bonds. The summed E-state index contributed by atoms with van der Waals surface area (Å²) in [6.07, 6.45) is 2.84. The van der Waals surface area contributed by atoms with Gasteiger partial charge in [-0.15, -0.1) is 0 Å². The SMILES string of the molecule is COCCN(C)CCCOc1cc2nccc(Oc3ccc(N(C(=O)C4(C(N)=O)CC4)c4ccc(F)cc4)cc3F)c2c2c1OCCO2. The highest BCUT2D eigenvalue weighted by Gasteiger charge is 2.57. The molecule has 1 fully saturated rings. The zero-order valence-corrected chi connectivity index (χ0v) is 26.7. The minimum atomic E-state index is -1.40. The number of benzene rings is 3. The van der Waals surface area contributed by atoms with Gasteiger partial charge in [0.05, 0.1) is 29.8 Å². The first-order valence-electron chi connectivity index (χ1n) is 15.6. The number of methoxy groups -OCH3 is 1. The second-order valence-corrected chi connectivity index (χ2v) is 11.7. The Hall–Kier alpha value is -5.01. The van der Waals surface area contributed by atoms with Gasteiger partial charge in [-0.05, 0) is 68.8 Å². The van der Waals surface area contributed by atoms with Crippen LogP contribution in [-0.2, 0) is 14.3 Å². The predicted molar refractivity (Wildman–Crippen MR) is 173 cm³/mol. The van der Waals surface area contributed by atoms with Crippen molar-refractivity contribution in [1.29, 1.82) is 0 Å². The van der Waals surface area contributed by atoms with E-state index in [1.807, 2.05) is 7.05 Å². The summed E-state index contributed by atoms with van der Waals surface area (Å²) in [5.74, 6) is -1.30. The molecule has 1 aliphatic heterocycles. The zero-order valence-electron chi connectivity index (χ0n) is 26.7. The molecule has 1 aromatic heterocycles. The molecule has 252 valence electrons. The second-order valence-electron chi connectivity index (χ2n) is 11.7. The molecule has 3 aromatic carbocycles. The number of amides is 2. The van der Waals surface area contributed by atoms with Gasteiger partial charge in [0.15, 0.2) is 23.1 Å². The molecule has 48 heavy (non-hydrogen) atoms. The Morgan fingerprint density at radius 2 is 1.65 bits per heavy atom. The van der Waals surface area contributed by atoms with E-state index in [-0.39, 0.29) is 42.3 Å². The fourth-order valence-corrected chi connectivity index (χ4v) is 5.55. The van der Waals surface area contributed by atoms with E-state index >= 15 is 4.39 Å². The van der Waals surface area contributed by atoms with Crippen LogP contribution in [0.25, 0.3) is 10.9 Å². The standard InChI is InChI=1S/C35H36F2N4O7/c1-40(15-17-44-2)14-3-16-45-29-21-26-30(32-31(29)46-18-19-47-32)28(10-13-39-26)48-27-9-8-24(20-25(27)37)41(23-6-4-22(36)5-7-23)34(43)35(11-12-35)33(38)42/h4-10,13,20-21H,3,11-12,14-19H2,1-2H3,(H2,38,42). The normalized spacial score (nSPS) is 14.5. The van der Waals surface area contributed by atoms with Crippen LogP contribution in [0.4, 0.5) is 20.2 Å². The molecule has 2 N–H and O–H groups in total. The van der Waals surface area contributed by atoms with E-state index in [1.54, 1.807) is 19.2 Å². The van der Waals surface area contributed by atoms with Crippen molar-refractivity contribution in [2.75, 3.05) is 58.6 Å². The minimum absolute atomic E-state index is 0.115. The maximum Gasteiger partial charge on any atom is 0.247 e. The molecule has 1 aliphatic carbocycles. The lowest BCUT2D eigenvalue weighted by Gasteiger charge is -2.27. The van der Waals surface area contributed by atoms with Crippen LogP contribution in [0.3, 0.4) is 0 Å². The number of pyridine rings is 1. The molecule has 0 spiro atoms. The van der Waals surface area contributed by atoms with Crippen molar-refractivity contribution in [3.8, 4) is 28.7 Å². The molecule has 2 heterocycles. The lowest BCUT2D eigenvalue weighted by Crippen LogP contribution is -2.41. The monoisotopic (exact) mass is 662 g/mol. The van der Waals surface area contributed by atoms with Crippen molar-refractivity contribution in [2.24, 2.45) is 11.1 Å². The number of nitrogens with zero attached hydrogens (tertiary/aromatic N) is 3. The number of hydrogen-bond donors (Lipinski definition) is 1. The van der Waals surface area contributed by atoms with Gasteiger partial charge in [-0.1, -0.05) is 0 Å². The van der Waals surface area contributed by atoms with Gasteiger partial charge in [0.2, 0.25) is 17.6 Å². The first kappa shape index (κ1) is 32.9. The van der Waals surface area contributed by atoms with E-state index in [0.29, 0.717) is 48.0 Å². The summed E-state index contributed by atoms with van der Waals surface area (Å²) in [7, 11) is 3.69. The Morgan fingerprint density at radius 1 is 0.917 bits per heavy atom. The fraction of sp³-hybridized carbons (Fsp3) is 0.343. The van der Waals surface area contributed by atoms with Crippen molar-refractivity contribution in [3.05, 3.63) is 72.4 Å². The Bertz CT molecular complexity index is 1820. The maximum absolute atomic E-state index is 15.8. The second kappa shape index (κ2) is 14.0. The maximum atomic E-state index is 15.8. The smallest absolute Gasteiger partial charge is 0.247 e. The summed E-state index contributed by atoms with van der Waals surface area (Å²) >= 11 is 0. The van der Waals surface area contributed by atoms with Crippen molar-refractivity contribution >= 4 is 34.1 Å². The number of carbonyl (C=O) groups excluding carboxylic acids is 2. The largest absolute Gasteiger partial charge is 0.489 e. The van der Waals surface area contributed by atoms with Crippen LogP contribution in [0.15, 0.2) is 60.8 Å². The van der Waals surface area contributed by atoms with Gasteiger partial charge in [0.25, 0.3) is 0 Å². The summed E-state index contributed by atoms with van der Waals surface area (Å²) in [5.41, 5.74) is 5.03. The summed E-state index contributed by atoms with van der Waals surface area (Å²) in [6.45, 7) is 3.32. The van der Waals surface area contributed by atoms with Gasteiger partial charge in [0, 0.05) is 44.2 Å². The lowest BCUT2D eigenvalue weighted by molar-refractivity contribution is -0.133. The van der Waals surface area contributed by atoms with Gasteiger partial charge in [0.1, 0.15) is 30.2 Å². The van der Waals surface area contributed by atoms with Crippen molar-refractivity contribution in [2.45, 2.75) is 19.3 Å². The third-order valence-corrected chi connectivity index (χ3v) is 8.37. The summed E-state index contributed by atoms with van der Waals surface area (Å²) in [5, 5.41) is 0.475. The van der Waals surface area contributed by atoms with Crippen molar-refractivity contribution in [3.63, 3.8) is 0 Å².